The number of hydrogen-bond acceptors (Lipinski definition) is 6. The van der Waals surface area contributed by atoms with E-state index in [0.29, 0.717) is 22.1 Å². The zero-order valence-electron chi connectivity index (χ0n) is 16.1. The van der Waals surface area contributed by atoms with Crippen LogP contribution in [-0.4, -0.2) is 41.5 Å². The molecule has 10 heteroatoms. The number of aromatic nitrogens is 4. The zero-order valence-corrected chi connectivity index (χ0v) is 16.9. The first kappa shape index (κ1) is 19.6. The van der Waals surface area contributed by atoms with Gasteiger partial charge in [0.2, 0.25) is 0 Å². The SMILES string of the molecule is Cc1c(-c2ccc3c(ccn3C)c2)cc(-c2nnc(SCC(=O)O)[nH]2)cc1[N+](=O)[O-]. The predicted molar refractivity (Wildman–Crippen MR) is 113 cm³/mol. The van der Waals surface area contributed by atoms with Crippen molar-refractivity contribution >= 4 is 34.3 Å². The van der Waals surface area contributed by atoms with Crippen molar-refractivity contribution < 1.29 is 14.8 Å². The highest BCUT2D eigenvalue weighted by atomic mass is 32.2. The lowest BCUT2D eigenvalue weighted by atomic mass is 9.95. The van der Waals surface area contributed by atoms with Gasteiger partial charge in [-0.05, 0) is 42.3 Å². The van der Waals surface area contributed by atoms with Crippen LogP contribution in [0, 0.1) is 17.0 Å². The molecule has 0 atom stereocenters. The van der Waals surface area contributed by atoms with Gasteiger partial charge >= 0.3 is 5.97 Å². The van der Waals surface area contributed by atoms with Crippen LogP contribution in [0.2, 0.25) is 0 Å². The first-order valence-corrected chi connectivity index (χ1v) is 9.94. The molecule has 4 rings (SSSR count). The van der Waals surface area contributed by atoms with Gasteiger partial charge in [-0.3, -0.25) is 14.9 Å². The maximum absolute atomic E-state index is 11.7. The number of carbonyl (C=O) groups is 1. The Balaban J connectivity index is 1.81. The number of fused-ring (bicyclic) bond motifs is 1. The normalized spacial score (nSPS) is 11.1. The van der Waals surface area contributed by atoms with Crippen molar-refractivity contribution in [2.75, 3.05) is 5.75 Å². The predicted octanol–water partition coefficient (Wildman–Crippen LogP) is 4.02. The van der Waals surface area contributed by atoms with Crippen molar-refractivity contribution in [2.45, 2.75) is 12.1 Å². The summed E-state index contributed by atoms with van der Waals surface area (Å²) in [5, 5.41) is 29.8. The third-order valence-corrected chi connectivity index (χ3v) is 5.69. The number of nitro benzene ring substituents is 1. The molecule has 0 bridgehead atoms. The fourth-order valence-electron chi connectivity index (χ4n) is 3.35. The van der Waals surface area contributed by atoms with Gasteiger partial charge in [-0.1, -0.05) is 17.8 Å². The second kappa shape index (κ2) is 7.64. The van der Waals surface area contributed by atoms with E-state index in [1.165, 1.54) is 6.07 Å². The Morgan fingerprint density at radius 2 is 2.03 bits per heavy atom. The molecule has 0 saturated carbocycles. The molecule has 0 spiro atoms. The van der Waals surface area contributed by atoms with Crippen molar-refractivity contribution in [3.8, 4) is 22.5 Å². The van der Waals surface area contributed by atoms with Crippen molar-refractivity contribution in [3.05, 3.63) is 58.3 Å². The minimum Gasteiger partial charge on any atom is -0.481 e. The Bertz CT molecular complexity index is 1290. The summed E-state index contributed by atoms with van der Waals surface area (Å²) in [4.78, 5) is 24.9. The van der Waals surface area contributed by atoms with Gasteiger partial charge in [0.1, 0.15) is 0 Å². The fourth-order valence-corrected chi connectivity index (χ4v) is 3.87. The third-order valence-electron chi connectivity index (χ3n) is 4.85. The van der Waals surface area contributed by atoms with Gasteiger partial charge in [-0.25, -0.2) is 0 Å². The second-order valence-electron chi connectivity index (χ2n) is 6.79. The third kappa shape index (κ3) is 3.64. The number of carboxylic acids is 1. The molecule has 2 aromatic heterocycles. The molecular formula is C20H17N5O4S. The van der Waals surface area contributed by atoms with Crippen LogP contribution in [0.15, 0.2) is 47.8 Å². The molecule has 152 valence electrons. The first-order valence-electron chi connectivity index (χ1n) is 8.95. The summed E-state index contributed by atoms with van der Waals surface area (Å²) in [7, 11) is 1.96. The number of benzene rings is 2. The number of rotatable bonds is 6. The monoisotopic (exact) mass is 423 g/mol. The van der Waals surface area contributed by atoms with Crippen molar-refractivity contribution in [1.82, 2.24) is 19.7 Å². The van der Waals surface area contributed by atoms with E-state index >= 15 is 0 Å². The quantitative estimate of drug-likeness (QED) is 0.272. The molecule has 0 amide bonds. The highest BCUT2D eigenvalue weighted by Gasteiger charge is 2.20. The van der Waals surface area contributed by atoms with E-state index in [0.717, 1.165) is 33.8 Å². The molecule has 0 fully saturated rings. The van der Waals surface area contributed by atoms with Gasteiger partial charge in [-0.15, -0.1) is 10.2 Å². The topological polar surface area (TPSA) is 127 Å². The number of nitrogens with one attached hydrogen (secondary N) is 1. The average molecular weight is 423 g/mol. The molecule has 2 aromatic carbocycles. The molecule has 0 unspecified atom stereocenters. The lowest BCUT2D eigenvalue weighted by Crippen LogP contribution is -1.98. The Kier molecular flexibility index (Phi) is 5.00. The highest BCUT2D eigenvalue weighted by Crippen LogP contribution is 2.36. The summed E-state index contributed by atoms with van der Waals surface area (Å²) >= 11 is 0.997. The summed E-state index contributed by atoms with van der Waals surface area (Å²) in [5.41, 5.74) is 3.69. The molecule has 0 radical (unpaired) electrons. The molecule has 2 N–H and O–H groups in total. The van der Waals surface area contributed by atoms with Crippen molar-refractivity contribution in [2.24, 2.45) is 7.05 Å². The first-order chi connectivity index (χ1) is 14.3. The van der Waals surface area contributed by atoms with Gasteiger partial charge < -0.3 is 14.7 Å². The summed E-state index contributed by atoms with van der Waals surface area (Å²) in [6.07, 6.45) is 1.96. The number of carboxylic acid groups (broad SMARTS) is 1. The van der Waals surface area contributed by atoms with Gasteiger partial charge in [-0.2, -0.15) is 0 Å². The van der Waals surface area contributed by atoms with Gasteiger partial charge in [0.05, 0.1) is 10.7 Å². The maximum Gasteiger partial charge on any atom is 0.313 e. The van der Waals surface area contributed by atoms with Crippen LogP contribution in [0.25, 0.3) is 33.4 Å². The van der Waals surface area contributed by atoms with Gasteiger partial charge in [0, 0.05) is 41.3 Å². The molecule has 2 heterocycles. The molecule has 9 nitrogen and oxygen atoms in total. The van der Waals surface area contributed by atoms with Crippen LogP contribution in [0.4, 0.5) is 5.69 Å². The largest absolute Gasteiger partial charge is 0.481 e. The number of aryl methyl sites for hydroxylation is 1. The lowest BCUT2D eigenvalue weighted by molar-refractivity contribution is -0.385. The Morgan fingerprint density at radius 1 is 1.23 bits per heavy atom. The molecule has 0 aliphatic rings. The number of aliphatic carboxylic acids is 1. The number of hydrogen-bond donors (Lipinski definition) is 2. The van der Waals surface area contributed by atoms with E-state index in [-0.39, 0.29) is 11.4 Å². The van der Waals surface area contributed by atoms with E-state index in [2.05, 4.69) is 15.2 Å². The highest BCUT2D eigenvalue weighted by molar-refractivity contribution is 7.99. The number of nitrogens with zero attached hydrogens (tertiary/aromatic N) is 4. The minimum atomic E-state index is -0.970. The Labute approximate surface area is 174 Å². The molecule has 0 saturated heterocycles. The van der Waals surface area contributed by atoms with Crippen LogP contribution < -0.4 is 0 Å². The Morgan fingerprint density at radius 3 is 2.77 bits per heavy atom. The smallest absolute Gasteiger partial charge is 0.313 e. The number of aromatic amines is 1. The fraction of sp³-hybridized carbons (Fsp3) is 0.150. The summed E-state index contributed by atoms with van der Waals surface area (Å²) in [6, 6.07) is 11.2. The van der Waals surface area contributed by atoms with E-state index in [1.807, 2.05) is 48.1 Å². The van der Waals surface area contributed by atoms with E-state index in [4.69, 9.17) is 5.11 Å². The molecule has 0 aliphatic carbocycles. The average Bonchev–Trinajstić information content (AvgIpc) is 3.33. The van der Waals surface area contributed by atoms with E-state index in [9.17, 15) is 14.9 Å². The molecule has 4 aromatic rings. The van der Waals surface area contributed by atoms with Crippen LogP contribution in [0.5, 0.6) is 0 Å². The maximum atomic E-state index is 11.7. The summed E-state index contributed by atoms with van der Waals surface area (Å²) < 4.78 is 2.01. The van der Waals surface area contributed by atoms with Gasteiger partial charge in [0.25, 0.3) is 5.69 Å². The van der Waals surface area contributed by atoms with Crippen LogP contribution in [0.3, 0.4) is 0 Å². The Hall–Kier alpha value is -3.66. The van der Waals surface area contributed by atoms with Crippen LogP contribution in [-0.2, 0) is 11.8 Å². The molecular weight excluding hydrogens is 406 g/mol. The summed E-state index contributed by atoms with van der Waals surface area (Å²) in [6.45, 7) is 1.72. The molecule has 0 aliphatic heterocycles. The van der Waals surface area contributed by atoms with E-state index < -0.39 is 10.9 Å². The van der Waals surface area contributed by atoms with Crippen LogP contribution >= 0.6 is 11.8 Å². The van der Waals surface area contributed by atoms with Crippen molar-refractivity contribution in [3.63, 3.8) is 0 Å². The number of thioether (sulfide) groups is 1. The summed E-state index contributed by atoms with van der Waals surface area (Å²) in [5.74, 6) is -0.791. The standard InChI is InChI=1S/C20H17N5O4S/c1-11-15(12-3-4-16-13(7-12)5-6-24(16)2)8-14(9-17(11)25(28)29)19-21-20(23-22-19)30-10-18(26)27/h3-9H,10H2,1-2H3,(H,26,27)(H,21,22,23). The minimum absolute atomic E-state index is 0.0215. The zero-order chi connectivity index (χ0) is 21.4. The van der Waals surface area contributed by atoms with Gasteiger partial charge in [0.15, 0.2) is 11.0 Å². The van der Waals surface area contributed by atoms with E-state index in [1.54, 1.807) is 6.92 Å². The number of nitro groups is 1. The van der Waals surface area contributed by atoms with Crippen LogP contribution in [0.1, 0.15) is 5.56 Å². The second-order valence-corrected chi connectivity index (χ2v) is 7.75. The van der Waals surface area contributed by atoms with Crippen molar-refractivity contribution in [1.29, 1.82) is 0 Å². The lowest BCUT2D eigenvalue weighted by Gasteiger charge is -2.10. The molecule has 30 heavy (non-hydrogen) atoms. The number of H-pyrrole nitrogens is 1.